The molecule has 164 valence electrons. The van der Waals surface area contributed by atoms with E-state index in [-0.39, 0.29) is 5.95 Å². The van der Waals surface area contributed by atoms with Crippen molar-refractivity contribution in [2.45, 2.75) is 19.4 Å². The third kappa shape index (κ3) is 4.39. The summed E-state index contributed by atoms with van der Waals surface area (Å²) in [4.78, 5) is 13.0. The lowest BCUT2D eigenvalue weighted by Crippen LogP contribution is -2.18. The van der Waals surface area contributed by atoms with E-state index in [0.29, 0.717) is 41.9 Å². The number of benzene rings is 1. The van der Waals surface area contributed by atoms with Gasteiger partial charge in [-0.15, -0.1) is 0 Å². The first-order valence-corrected chi connectivity index (χ1v) is 9.91. The fourth-order valence-electron chi connectivity index (χ4n) is 3.11. The molecular weight excluding hydrogens is 410 g/mol. The van der Waals surface area contributed by atoms with E-state index in [1.54, 1.807) is 39.3 Å². The van der Waals surface area contributed by atoms with Gasteiger partial charge < -0.3 is 25.4 Å². The van der Waals surface area contributed by atoms with Crippen molar-refractivity contribution in [2.75, 3.05) is 31.3 Å². The number of rotatable bonds is 6. The molecule has 0 spiro atoms. The Bertz CT molecular complexity index is 1310. The number of nitrogens with zero attached hydrogens (tertiary/aromatic N) is 5. The summed E-state index contributed by atoms with van der Waals surface area (Å²) in [5.74, 6) is 7.79. The standard InChI is InChI=1S/C22H23N7O3/c1-14-12-18(28-32-14)22(2,30)8-6-15-4-5-16-17(13-15)29(19-7-9-24-20(23)27-19)21(26-16)25-10-11-31-3/h4-5,7,9,12-13,30H,10-11H2,1-3H3,(H,25,26)(H2,23,24,27)/t22-/m1/s1. The minimum Gasteiger partial charge on any atom is -0.383 e. The molecule has 0 aliphatic heterocycles. The van der Waals surface area contributed by atoms with Gasteiger partial charge in [0.15, 0.2) is 5.60 Å². The molecule has 3 aromatic heterocycles. The van der Waals surface area contributed by atoms with Gasteiger partial charge in [-0.05, 0) is 32.0 Å². The van der Waals surface area contributed by atoms with Gasteiger partial charge >= 0.3 is 0 Å². The maximum absolute atomic E-state index is 10.7. The molecule has 0 aliphatic rings. The number of aliphatic hydroxyl groups is 1. The number of nitrogen functional groups attached to an aromatic ring is 1. The number of nitrogens with two attached hydrogens (primary N) is 1. The molecule has 0 radical (unpaired) electrons. The average molecular weight is 433 g/mol. The van der Waals surface area contributed by atoms with Crippen molar-refractivity contribution in [1.29, 1.82) is 0 Å². The summed E-state index contributed by atoms with van der Waals surface area (Å²) >= 11 is 0. The highest BCUT2D eigenvalue weighted by Crippen LogP contribution is 2.25. The minimum absolute atomic E-state index is 0.155. The fourth-order valence-corrected chi connectivity index (χ4v) is 3.11. The Morgan fingerprint density at radius 3 is 2.84 bits per heavy atom. The highest BCUT2D eigenvalue weighted by molar-refractivity contribution is 5.82. The molecule has 0 aliphatic carbocycles. The Labute approximate surface area is 184 Å². The van der Waals surface area contributed by atoms with Crippen LogP contribution in [0.5, 0.6) is 0 Å². The van der Waals surface area contributed by atoms with Crippen molar-refractivity contribution in [2.24, 2.45) is 0 Å². The van der Waals surface area contributed by atoms with E-state index in [0.717, 1.165) is 11.0 Å². The molecule has 4 N–H and O–H groups in total. The van der Waals surface area contributed by atoms with Gasteiger partial charge in [-0.2, -0.15) is 4.98 Å². The Morgan fingerprint density at radius 2 is 2.12 bits per heavy atom. The Kier molecular flexibility index (Phi) is 5.77. The summed E-state index contributed by atoms with van der Waals surface area (Å²) in [6.45, 7) is 4.41. The normalized spacial score (nSPS) is 12.9. The molecule has 4 aromatic rings. The number of aryl methyl sites for hydroxylation is 1. The Balaban J connectivity index is 1.77. The molecule has 0 saturated heterocycles. The summed E-state index contributed by atoms with van der Waals surface area (Å²) in [6.07, 6.45) is 1.59. The quantitative estimate of drug-likeness (QED) is 0.308. The van der Waals surface area contributed by atoms with Gasteiger partial charge in [0.2, 0.25) is 11.9 Å². The highest BCUT2D eigenvalue weighted by Gasteiger charge is 2.24. The van der Waals surface area contributed by atoms with Crippen LogP contribution in [0, 0.1) is 18.8 Å². The molecule has 3 heterocycles. The topological polar surface area (TPSA) is 137 Å². The number of nitrogens with one attached hydrogen (secondary N) is 1. The van der Waals surface area contributed by atoms with Crippen LogP contribution >= 0.6 is 0 Å². The summed E-state index contributed by atoms with van der Waals surface area (Å²) in [7, 11) is 1.63. The second kappa shape index (κ2) is 8.66. The number of imidazole rings is 1. The van der Waals surface area contributed by atoms with Crippen LogP contribution in [0.3, 0.4) is 0 Å². The second-order valence-electron chi connectivity index (χ2n) is 7.31. The Hall–Kier alpha value is -3.94. The van der Waals surface area contributed by atoms with E-state index in [9.17, 15) is 5.11 Å². The summed E-state index contributed by atoms with van der Waals surface area (Å²) < 4.78 is 12.0. The maximum atomic E-state index is 10.7. The van der Waals surface area contributed by atoms with Crippen molar-refractivity contribution >= 4 is 22.9 Å². The first kappa shape index (κ1) is 21.3. The molecule has 10 nitrogen and oxygen atoms in total. The molecule has 10 heteroatoms. The smallest absolute Gasteiger partial charge is 0.221 e. The second-order valence-corrected chi connectivity index (χ2v) is 7.31. The predicted octanol–water partition coefficient (Wildman–Crippen LogP) is 2.01. The van der Waals surface area contributed by atoms with Crippen molar-refractivity contribution in [3.63, 3.8) is 0 Å². The highest BCUT2D eigenvalue weighted by atomic mass is 16.5. The first-order valence-electron chi connectivity index (χ1n) is 9.91. The van der Waals surface area contributed by atoms with Crippen molar-refractivity contribution < 1.29 is 14.4 Å². The van der Waals surface area contributed by atoms with Crippen LogP contribution in [-0.4, -0.2) is 50.0 Å². The van der Waals surface area contributed by atoms with Crippen molar-refractivity contribution in [3.05, 3.63) is 53.5 Å². The number of hydrogen-bond acceptors (Lipinski definition) is 9. The number of hydrogen-bond donors (Lipinski definition) is 3. The van der Waals surface area contributed by atoms with Crippen LogP contribution in [0.1, 0.15) is 23.9 Å². The van der Waals surface area contributed by atoms with E-state index < -0.39 is 5.60 Å². The van der Waals surface area contributed by atoms with Crippen LogP contribution in [-0.2, 0) is 10.3 Å². The van der Waals surface area contributed by atoms with Crippen LogP contribution in [0.25, 0.3) is 16.9 Å². The first-order chi connectivity index (χ1) is 15.4. The summed E-state index contributed by atoms with van der Waals surface area (Å²) in [5.41, 5.74) is 6.90. The predicted molar refractivity (Wildman–Crippen MR) is 119 cm³/mol. The molecule has 1 atom stereocenters. The number of methoxy groups -OCH3 is 1. The zero-order chi connectivity index (χ0) is 22.7. The molecule has 0 fully saturated rings. The largest absolute Gasteiger partial charge is 0.383 e. The van der Waals surface area contributed by atoms with Crippen LogP contribution in [0.2, 0.25) is 0 Å². The monoisotopic (exact) mass is 433 g/mol. The van der Waals surface area contributed by atoms with Gasteiger partial charge in [0, 0.05) is 37.5 Å². The van der Waals surface area contributed by atoms with Gasteiger partial charge in [-0.25, -0.2) is 9.97 Å². The van der Waals surface area contributed by atoms with Gasteiger partial charge in [-0.3, -0.25) is 4.57 Å². The van der Waals surface area contributed by atoms with Gasteiger partial charge in [0.1, 0.15) is 17.3 Å². The zero-order valence-corrected chi connectivity index (χ0v) is 18.0. The number of ether oxygens (including phenoxy) is 1. The fraction of sp³-hybridized carbons (Fsp3) is 0.273. The number of anilines is 2. The zero-order valence-electron chi connectivity index (χ0n) is 18.0. The van der Waals surface area contributed by atoms with Crippen molar-refractivity contribution in [1.82, 2.24) is 24.7 Å². The number of aromatic nitrogens is 5. The molecule has 32 heavy (non-hydrogen) atoms. The van der Waals surface area contributed by atoms with E-state index in [1.165, 1.54) is 0 Å². The van der Waals surface area contributed by atoms with Crippen LogP contribution in [0.15, 0.2) is 41.1 Å². The van der Waals surface area contributed by atoms with Gasteiger partial charge in [0.25, 0.3) is 0 Å². The summed E-state index contributed by atoms with van der Waals surface area (Å²) in [6, 6.07) is 8.97. The third-order valence-electron chi connectivity index (χ3n) is 4.71. The van der Waals surface area contributed by atoms with Gasteiger partial charge in [0.05, 0.1) is 17.6 Å². The SMILES string of the molecule is COCCNc1nc2ccc(C#C[C@@](C)(O)c3cc(C)on3)cc2n1-c1ccnc(N)n1. The lowest BCUT2D eigenvalue weighted by Gasteiger charge is -2.11. The molecule has 0 amide bonds. The summed E-state index contributed by atoms with van der Waals surface area (Å²) in [5, 5.41) is 17.8. The minimum atomic E-state index is -1.46. The molecule has 4 rings (SSSR count). The van der Waals surface area contributed by atoms with E-state index in [2.05, 4.69) is 37.3 Å². The van der Waals surface area contributed by atoms with E-state index in [4.69, 9.17) is 15.0 Å². The van der Waals surface area contributed by atoms with Crippen molar-refractivity contribution in [3.8, 4) is 17.7 Å². The lowest BCUT2D eigenvalue weighted by atomic mass is 10.0. The molecule has 0 bridgehead atoms. The van der Waals surface area contributed by atoms with Gasteiger partial charge in [-0.1, -0.05) is 17.0 Å². The van der Waals surface area contributed by atoms with Crippen LogP contribution < -0.4 is 11.1 Å². The Morgan fingerprint density at radius 1 is 1.28 bits per heavy atom. The maximum Gasteiger partial charge on any atom is 0.221 e. The number of fused-ring (bicyclic) bond motifs is 1. The molecule has 0 unspecified atom stereocenters. The van der Waals surface area contributed by atoms with E-state index in [1.807, 2.05) is 22.8 Å². The molecular formula is C22H23N7O3. The lowest BCUT2D eigenvalue weighted by molar-refractivity contribution is 0.112. The van der Waals surface area contributed by atoms with Crippen LogP contribution in [0.4, 0.5) is 11.9 Å². The molecule has 1 aromatic carbocycles. The van der Waals surface area contributed by atoms with E-state index >= 15 is 0 Å². The molecule has 0 saturated carbocycles. The average Bonchev–Trinajstić information content (AvgIpc) is 3.36. The third-order valence-corrected chi connectivity index (χ3v) is 4.71.